The fraction of sp³-hybridized carbons (Fsp3) is 0.286. The van der Waals surface area contributed by atoms with Gasteiger partial charge in [0.2, 0.25) is 0 Å². The molecule has 0 fully saturated rings. The second-order valence-corrected chi connectivity index (χ2v) is 6.62. The first-order valence-electron chi connectivity index (χ1n) is 8.51. The van der Waals surface area contributed by atoms with Crippen LogP contribution in [0.2, 0.25) is 0 Å². The Morgan fingerprint density at radius 2 is 1.74 bits per heavy atom. The third-order valence-electron chi connectivity index (χ3n) is 4.27. The zero-order valence-electron chi connectivity index (χ0n) is 16.1. The van der Waals surface area contributed by atoms with Crippen molar-refractivity contribution in [1.82, 2.24) is 0 Å². The van der Waals surface area contributed by atoms with Crippen molar-refractivity contribution in [3.63, 3.8) is 0 Å². The largest absolute Gasteiger partial charge is 0.495 e. The van der Waals surface area contributed by atoms with Crippen LogP contribution in [0.1, 0.15) is 29.8 Å². The third kappa shape index (κ3) is 3.69. The summed E-state index contributed by atoms with van der Waals surface area (Å²) in [6.07, 6.45) is 3.86. The molecule has 1 aliphatic heterocycles. The Morgan fingerprint density at radius 1 is 1.00 bits per heavy atom. The molecule has 142 valence electrons. The lowest BCUT2D eigenvalue weighted by Crippen LogP contribution is -2.28. The number of nitrogens with one attached hydrogen (secondary N) is 1. The highest BCUT2D eigenvalue weighted by Crippen LogP contribution is 2.39. The molecule has 0 aromatic heterocycles. The number of anilines is 1. The zero-order chi connectivity index (χ0) is 19.6. The summed E-state index contributed by atoms with van der Waals surface area (Å²) in [5, 5.41) is 2.86. The maximum atomic E-state index is 12.8. The normalized spacial score (nSPS) is 14.0. The number of methoxy groups -OCH3 is 3. The fourth-order valence-electron chi connectivity index (χ4n) is 2.94. The molecule has 27 heavy (non-hydrogen) atoms. The Morgan fingerprint density at radius 3 is 2.41 bits per heavy atom. The number of amides is 1. The summed E-state index contributed by atoms with van der Waals surface area (Å²) in [5.74, 6) is 1.98. The minimum absolute atomic E-state index is 0.292. The summed E-state index contributed by atoms with van der Waals surface area (Å²) in [6.45, 7) is 3.94. The molecule has 0 saturated heterocycles. The van der Waals surface area contributed by atoms with E-state index in [9.17, 15) is 4.79 Å². The van der Waals surface area contributed by atoms with Crippen molar-refractivity contribution < 1.29 is 23.7 Å². The molecule has 1 amide bonds. The lowest BCUT2D eigenvalue weighted by molar-refractivity contribution is 0.102. The first-order chi connectivity index (χ1) is 12.9. The second kappa shape index (κ2) is 7.23. The fourth-order valence-corrected chi connectivity index (χ4v) is 2.94. The van der Waals surface area contributed by atoms with Crippen molar-refractivity contribution in [3.05, 3.63) is 47.5 Å². The SMILES string of the molecule is COc1ccc(NC(=O)c2ccc3c(c2OC)C=CC(C)(C)O3)cc1OC. The van der Waals surface area contributed by atoms with E-state index in [2.05, 4.69) is 5.32 Å². The van der Waals surface area contributed by atoms with Gasteiger partial charge in [-0.3, -0.25) is 4.79 Å². The summed E-state index contributed by atoms with van der Waals surface area (Å²) in [7, 11) is 4.64. The van der Waals surface area contributed by atoms with Crippen molar-refractivity contribution in [3.8, 4) is 23.0 Å². The minimum Gasteiger partial charge on any atom is -0.495 e. The van der Waals surface area contributed by atoms with Crippen LogP contribution < -0.4 is 24.3 Å². The molecule has 1 heterocycles. The van der Waals surface area contributed by atoms with Crippen LogP contribution >= 0.6 is 0 Å². The van der Waals surface area contributed by atoms with E-state index in [4.69, 9.17) is 18.9 Å². The lowest BCUT2D eigenvalue weighted by Gasteiger charge is -2.29. The molecular formula is C21H23NO5. The topological polar surface area (TPSA) is 66.0 Å². The summed E-state index contributed by atoms with van der Waals surface area (Å²) in [5.41, 5.74) is 1.35. The first kappa shape index (κ1) is 18.6. The van der Waals surface area contributed by atoms with E-state index < -0.39 is 5.60 Å². The van der Waals surface area contributed by atoms with Crippen LogP contribution in [0.4, 0.5) is 5.69 Å². The van der Waals surface area contributed by atoms with Gasteiger partial charge in [0.25, 0.3) is 5.91 Å². The number of ether oxygens (including phenoxy) is 4. The lowest BCUT2D eigenvalue weighted by atomic mass is 9.99. The summed E-state index contributed by atoms with van der Waals surface area (Å²) < 4.78 is 22.0. The van der Waals surface area contributed by atoms with Gasteiger partial charge >= 0.3 is 0 Å². The zero-order valence-corrected chi connectivity index (χ0v) is 16.1. The molecule has 2 aromatic carbocycles. The van der Waals surface area contributed by atoms with Crippen LogP contribution in [0, 0.1) is 0 Å². The van der Waals surface area contributed by atoms with Crippen LogP contribution in [0.15, 0.2) is 36.4 Å². The van der Waals surface area contributed by atoms with Crippen molar-refractivity contribution in [2.45, 2.75) is 19.4 Å². The van der Waals surface area contributed by atoms with Crippen LogP contribution in [-0.2, 0) is 0 Å². The predicted octanol–water partition coefficient (Wildman–Crippen LogP) is 4.15. The van der Waals surface area contributed by atoms with E-state index in [0.29, 0.717) is 34.2 Å². The first-order valence-corrected chi connectivity index (χ1v) is 8.51. The Balaban J connectivity index is 1.92. The molecule has 1 N–H and O–H groups in total. The van der Waals surface area contributed by atoms with Crippen LogP contribution in [0.3, 0.4) is 0 Å². The quantitative estimate of drug-likeness (QED) is 0.858. The molecular weight excluding hydrogens is 346 g/mol. The average molecular weight is 369 g/mol. The number of fused-ring (bicyclic) bond motifs is 1. The highest BCUT2D eigenvalue weighted by molar-refractivity contribution is 6.07. The number of rotatable bonds is 5. The molecule has 2 aromatic rings. The summed E-state index contributed by atoms with van der Waals surface area (Å²) in [4.78, 5) is 12.8. The van der Waals surface area contributed by atoms with Crippen LogP contribution in [0.25, 0.3) is 6.08 Å². The van der Waals surface area contributed by atoms with E-state index in [0.717, 1.165) is 5.56 Å². The Bertz CT molecular complexity index is 902. The number of hydrogen-bond acceptors (Lipinski definition) is 5. The van der Waals surface area contributed by atoms with Gasteiger partial charge in [-0.25, -0.2) is 0 Å². The summed E-state index contributed by atoms with van der Waals surface area (Å²) >= 11 is 0. The second-order valence-electron chi connectivity index (χ2n) is 6.62. The Kier molecular flexibility index (Phi) is 4.99. The molecule has 6 nitrogen and oxygen atoms in total. The molecule has 0 spiro atoms. The number of carbonyl (C=O) groups is 1. The molecule has 0 unspecified atom stereocenters. The van der Waals surface area contributed by atoms with Crippen molar-refractivity contribution >= 4 is 17.7 Å². The monoisotopic (exact) mass is 369 g/mol. The maximum Gasteiger partial charge on any atom is 0.259 e. The van der Waals surface area contributed by atoms with Gasteiger partial charge < -0.3 is 24.3 Å². The van der Waals surface area contributed by atoms with Crippen molar-refractivity contribution in [2.75, 3.05) is 26.6 Å². The van der Waals surface area contributed by atoms with Gasteiger partial charge in [0.1, 0.15) is 17.1 Å². The van der Waals surface area contributed by atoms with Gasteiger partial charge in [-0.1, -0.05) is 0 Å². The van der Waals surface area contributed by atoms with E-state index >= 15 is 0 Å². The van der Waals surface area contributed by atoms with E-state index in [1.165, 1.54) is 7.11 Å². The Labute approximate surface area is 158 Å². The Hall–Kier alpha value is -3.15. The number of benzene rings is 2. The van der Waals surface area contributed by atoms with Gasteiger partial charge in [-0.05, 0) is 50.3 Å². The molecule has 1 aliphatic rings. The van der Waals surface area contributed by atoms with Gasteiger partial charge in [0, 0.05) is 11.8 Å². The van der Waals surface area contributed by atoms with Crippen LogP contribution in [0.5, 0.6) is 23.0 Å². The highest BCUT2D eigenvalue weighted by atomic mass is 16.5. The minimum atomic E-state index is -0.401. The highest BCUT2D eigenvalue weighted by Gasteiger charge is 2.26. The number of hydrogen-bond donors (Lipinski definition) is 1. The molecule has 3 rings (SSSR count). The standard InChI is InChI=1S/C21H23NO5/c1-21(2)11-10-14-16(27-21)9-7-15(19(14)26-5)20(23)22-13-6-8-17(24-3)18(12-13)25-4/h6-12H,1-5H3,(H,22,23). The smallest absolute Gasteiger partial charge is 0.259 e. The average Bonchev–Trinajstić information content (AvgIpc) is 2.65. The molecule has 0 bridgehead atoms. The predicted molar refractivity (Wildman–Crippen MR) is 104 cm³/mol. The van der Waals surface area contributed by atoms with Gasteiger partial charge in [0.05, 0.1) is 32.5 Å². The van der Waals surface area contributed by atoms with Crippen molar-refractivity contribution in [1.29, 1.82) is 0 Å². The maximum absolute atomic E-state index is 12.8. The van der Waals surface area contributed by atoms with Crippen LogP contribution in [-0.4, -0.2) is 32.8 Å². The van der Waals surface area contributed by atoms with E-state index in [1.54, 1.807) is 44.6 Å². The third-order valence-corrected chi connectivity index (χ3v) is 4.27. The van der Waals surface area contributed by atoms with E-state index in [1.807, 2.05) is 26.0 Å². The van der Waals surface area contributed by atoms with Gasteiger partial charge in [-0.15, -0.1) is 0 Å². The summed E-state index contributed by atoms with van der Waals surface area (Å²) in [6, 6.07) is 8.66. The van der Waals surface area contributed by atoms with Gasteiger partial charge in [-0.2, -0.15) is 0 Å². The molecule has 0 aliphatic carbocycles. The van der Waals surface area contributed by atoms with E-state index in [-0.39, 0.29) is 5.91 Å². The molecule has 0 saturated carbocycles. The molecule has 0 radical (unpaired) electrons. The molecule has 0 atom stereocenters. The molecule has 6 heteroatoms. The number of carbonyl (C=O) groups excluding carboxylic acids is 1. The van der Waals surface area contributed by atoms with Crippen molar-refractivity contribution in [2.24, 2.45) is 0 Å². The van der Waals surface area contributed by atoms with Gasteiger partial charge in [0.15, 0.2) is 11.5 Å².